The van der Waals surface area contributed by atoms with Gasteiger partial charge in [-0.1, -0.05) is 23.7 Å². The highest BCUT2D eigenvalue weighted by molar-refractivity contribution is 6.30. The molecule has 49 heavy (non-hydrogen) atoms. The lowest BCUT2D eigenvalue weighted by Gasteiger charge is -2.27. The molecule has 2 aromatic carbocycles. The number of hydrogen-bond acceptors (Lipinski definition) is 11. The first kappa shape index (κ1) is 35.4. The second-order valence-corrected chi connectivity index (χ2v) is 13.1. The first-order valence-electron chi connectivity index (χ1n) is 15.3. The molecule has 1 saturated carbocycles. The molecule has 2 amide bonds. The number of anilines is 3. The van der Waals surface area contributed by atoms with Gasteiger partial charge in [-0.05, 0) is 75.6 Å². The Morgan fingerprint density at radius 3 is 2.22 bits per heavy atom. The van der Waals surface area contributed by atoms with Crippen molar-refractivity contribution in [3.8, 4) is 6.01 Å². The number of nitrogens with zero attached hydrogens (tertiary/aromatic N) is 4. The second kappa shape index (κ2) is 13.9. The number of benzene rings is 2. The van der Waals surface area contributed by atoms with E-state index in [4.69, 9.17) is 25.8 Å². The average molecular weight is 706 g/mol. The van der Waals surface area contributed by atoms with Gasteiger partial charge < -0.3 is 30.2 Å². The Hall–Kier alpha value is -4.86. The molecular weight excluding hydrogens is 671 g/mol. The van der Waals surface area contributed by atoms with Gasteiger partial charge in [-0.3, -0.25) is 9.69 Å². The van der Waals surface area contributed by atoms with Gasteiger partial charge in [0.15, 0.2) is 6.61 Å². The van der Waals surface area contributed by atoms with Gasteiger partial charge in [0.25, 0.3) is 5.91 Å². The second-order valence-electron chi connectivity index (χ2n) is 12.7. The molecule has 0 radical (unpaired) electrons. The number of likely N-dealkylation sites (tertiary alicyclic amines) is 1. The fourth-order valence-corrected chi connectivity index (χ4v) is 5.32. The SMILES string of the molecule is COC(=O)C1CC(NC(=O)c2ccc(Nc3nc(NC4(c5ccc(Cl)cc5)CC4)nc(OCC(F)(F)F)n3)cc2)CN1C(=O)OC(C)(C)C. The molecule has 1 aromatic heterocycles. The van der Waals surface area contributed by atoms with Crippen LogP contribution in [0, 0.1) is 0 Å². The highest BCUT2D eigenvalue weighted by Gasteiger charge is 2.45. The predicted molar refractivity (Wildman–Crippen MR) is 172 cm³/mol. The summed E-state index contributed by atoms with van der Waals surface area (Å²) in [6.07, 6.45) is -3.72. The van der Waals surface area contributed by atoms with E-state index in [0.29, 0.717) is 10.7 Å². The summed E-state index contributed by atoms with van der Waals surface area (Å²) in [6, 6.07) is 11.3. The fraction of sp³-hybridized carbons (Fsp3) is 0.438. The van der Waals surface area contributed by atoms with Gasteiger partial charge in [0.1, 0.15) is 11.6 Å². The number of alkyl halides is 3. The minimum Gasteiger partial charge on any atom is -0.467 e. The van der Waals surface area contributed by atoms with Crippen LogP contribution < -0.4 is 20.7 Å². The number of esters is 1. The van der Waals surface area contributed by atoms with Crippen LogP contribution in [-0.4, -0.2) is 81.9 Å². The highest BCUT2D eigenvalue weighted by atomic mass is 35.5. The van der Waals surface area contributed by atoms with Gasteiger partial charge in [-0.2, -0.15) is 28.1 Å². The molecule has 1 saturated heterocycles. The largest absolute Gasteiger partial charge is 0.467 e. The lowest BCUT2D eigenvalue weighted by molar-refractivity contribution is -0.154. The summed E-state index contributed by atoms with van der Waals surface area (Å²) in [5.74, 6) is -1.18. The predicted octanol–water partition coefficient (Wildman–Crippen LogP) is 5.59. The Morgan fingerprint density at radius 1 is 0.980 bits per heavy atom. The number of hydrogen-bond donors (Lipinski definition) is 3. The summed E-state index contributed by atoms with van der Waals surface area (Å²) in [5.41, 5.74) is 0.274. The third-order valence-corrected chi connectivity index (χ3v) is 7.87. The van der Waals surface area contributed by atoms with Crippen LogP contribution >= 0.6 is 11.6 Å². The van der Waals surface area contributed by atoms with Gasteiger partial charge in [0.2, 0.25) is 11.9 Å². The van der Waals surface area contributed by atoms with Crippen molar-refractivity contribution in [2.45, 2.75) is 69.4 Å². The molecule has 2 aliphatic rings. The minimum absolute atomic E-state index is 0.000343. The number of halogens is 4. The number of amides is 2. The van der Waals surface area contributed by atoms with Crippen molar-refractivity contribution >= 4 is 47.2 Å². The standard InChI is InChI=1S/C32H35ClF3N7O6/c1-30(2,3)49-29(46)43-16-22(15-23(43)25(45)47-4)37-24(44)18-5-11-21(12-6-18)38-26-39-27(41-28(40-26)48-17-32(34,35)36)42-31(13-14-31)19-7-9-20(33)10-8-19/h5-12,22-23H,13-17H2,1-4H3,(H,37,44)(H2,38,39,40,41,42). The summed E-state index contributed by atoms with van der Waals surface area (Å²) < 4.78 is 53.9. The summed E-state index contributed by atoms with van der Waals surface area (Å²) in [5, 5.41) is 9.51. The van der Waals surface area contributed by atoms with Gasteiger partial charge in [0.05, 0.1) is 12.6 Å². The Kier molecular flexibility index (Phi) is 10.1. The first-order valence-corrected chi connectivity index (χ1v) is 15.7. The van der Waals surface area contributed by atoms with Gasteiger partial charge >= 0.3 is 24.2 Å². The molecule has 2 heterocycles. The number of rotatable bonds is 10. The molecule has 17 heteroatoms. The highest BCUT2D eigenvalue weighted by Crippen LogP contribution is 2.48. The number of carbonyl (C=O) groups is 3. The maximum atomic E-state index is 13.1. The molecule has 2 fully saturated rings. The lowest BCUT2D eigenvalue weighted by atomic mass is 10.1. The van der Waals surface area contributed by atoms with Gasteiger partial charge in [-0.25, -0.2) is 9.59 Å². The van der Waals surface area contributed by atoms with E-state index < -0.39 is 60.0 Å². The molecular formula is C32H35ClF3N7O6. The lowest BCUT2D eigenvalue weighted by Crippen LogP contribution is -2.44. The van der Waals surface area contributed by atoms with Crippen LogP contribution in [0.1, 0.15) is 56.0 Å². The zero-order chi connectivity index (χ0) is 35.6. The van der Waals surface area contributed by atoms with E-state index in [1.807, 2.05) is 12.1 Å². The third kappa shape index (κ3) is 9.40. The summed E-state index contributed by atoms with van der Waals surface area (Å²) in [7, 11) is 1.22. The van der Waals surface area contributed by atoms with Gasteiger partial charge in [0, 0.05) is 35.3 Å². The van der Waals surface area contributed by atoms with Crippen LogP contribution in [0.3, 0.4) is 0 Å². The molecule has 3 N–H and O–H groups in total. The molecule has 0 spiro atoms. The topological polar surface area (TPSA) is 157 Å². The molecule has 262 valence electrons. The van der Waals surface area contributed by atoms with E-state index in [9.17, 15) is 27.6 Å². The van der Waals surface area contributed by atoms with Crippen LogP contribution in [-0.2, 0) is 19.8 Å². The summed E-state index contributed by atoms with van der Waals surface area (Å²) in [6.45, 7) is 3.55. The number of nitrogens with one attached hydrogen (secondary N) is 3. The smallest absolute Gasteiger partial charge is 0.422 e. The maximum Gasteiger partial charge on any atom is 0.422 e. The van der Waals surface area contributed by atoms with Crippen molar-refractivity contribution in [3.05, 3.63) is 64.7 Å². The molecule has 2 unspecified atom stereocenters. The van der Waals surface area contributed by atoms with Crippen molar-refractivity contribution in [2.24, 2.45) is 0 Å². The average Bonchev–Trinajstić information content (AvgIpc) is 3.68. The number of carbonyl (C=O) groups excluding carboxylic acids is 3. The van der Waals surface area contributed by atoms with Crippen molar-refractivity contribution < 1.29 is 41.8 Å². The molecule has 1 aliphatic heterocycles. The Morgan fingerprint density at radius 2 is 1.63 bits per heavy atom. The molecule has 2 atom stereocenters. The fourth-order valence-electron chi connectivity index (χ4n) is 5.20. The van der Waals surface area contributed by atoms with E-state index in [-0.39, 0.29) is 30.4 Å². The molecule has 3 aromatic rings. The van der Waals surface area contributed by atoms with Crippen LogP contribution in [0.4, 0.5) is 35.5 Å². The van der Waals surface area contributed by atoms with Crippen LogP contribution in [0.2, 0.25) is 5.02 Å². The number of methoxy groups -OCH3 is 1. The van der Waals surface area contributed by atoms with Crippen molar-refractivity contribution in [2.75, 3.05) is 30.9 Å². The van der Waals surface area contributed by atoms with Crippen molar-refractivity contribution in [3.63, 3.8) is 0 Å². The third-order valence-electron chi connectivity index (χ3n) is 7.62. The summed E-state index contributed by atoms with van der Waals surface area (Å²) >= 11 is 6.03. The minimum atomic E-state index is -4.61. The van der Waals surface area contributed by atoms with E-state index in [1.165, 1.54) is 24.1 Å². The zero-order valence-corrected chi connectivity index (χ0v) is 27.8. The Bertz CT molecular complexity index is 1680. The molecule has 0 bridgehead atoms. The molecule has 13 nitrogen and oxygen atoms in total. The Balaban J connectivity index is 1.27. The number of aromatic nitrogens is 3. The zero-order valence-electron chi connectivity index (χ0n) is 27.1. The normalized spacial score (nSPS) is 18.3. The molecule has 1 aliphatic carbocycles. The molecule has 5 rings (SSSR count). The maximum absolute atomic E-state index is 13.1. The van der Waals surface area contributed by atoms with Crippen molar-refractivity contribution in [1.82, 2.24) is 25.2 Å². The quantitative estimate of drug-likeness (QED) is 0.226. The van der Waals surface area contributed by atoms with Crippen LogP contribution in [0.25, 0.3) is 0 Å². The van der Waals surface area contributed by atoms with E-state index in [0.717, 1.165) is 18.4 Å². The first-order chi connectivity index (χ1) is 23.0. The monoisotopic (exact) mass is 705 g/mol. The Labute approximate surface area is 284 Å². The van der Waals surface area contributed by atoms with Crippen molar-refractivity contribution in [1.29, 1.82) is 0 Å². The van der Waals surface area contributed by atoms with Crippen LogP contribution in [0.15, 0.2) is 48.5 Å². The van der Waals surface area contributed by atoms with E-state index in [2.05, 4.69) is 30.9 Å². The summed E-state index contributed by atoms with van der Waals surface area (Å²) in [4.78, 5) is 51.9. The van der Waals surface area contributed by atoms with E-state index >= 15 is 0 Å². The van der Waals surface area contributed by atoms with E-state index in [1.54, 1.807) is 45.0 Å². The van der Waals surface area contributed by atoms with Crippen LogP contribution in [0.5, 0.6) is 6.01 Å². The number of ether oxygens (including phenoxy) is 3. The van der Waals surface area contributed by atoms with Gasteiger partial charge in [-0.15, -0.1) is 0 Å².